The number of allylic oxidation sites excluding steroid dienone is 2. The molecule has 1 aliphatic rings. The second-order valence-corrected chi connectivity index (χ2v) is 11.9. The van der Waals surface area contributed by atoms with Gasteiger partial charge in [0.25, 0.3) is 5.56 Å². The molecule has 186 valence electrons. The summed E-state index contributed by atoms with van der Waals surface area (Å²) in [6.45, 7) is 7.50. The molecule has 1 unspecified atom stereocenters. The zero-order chi connectivity index (χ0) is 26.1. The molecular formula is C27H25I2N3O3S. The minimum atomic E-state index is -0.521. The topological polar surface area (TPSA) is 63.9 Å². The van der Waals surface area contributed by atoms with Gasteiger partial charge in [-0.1, -0.05) is 36.1 Å². The van der Waals surface area contributed by atoms with Crippen LogP contribution in [-0.4, -0.2) is 31.1 Å². The van der Waals surface area contributed by atoms with Gasteiger partial charge in [0.2, 0.25) is 0 Å². The van der Waals surface area contributed by atoms with E-state index in [9.17, 15) is 9.59 Å². The number of ether oxygens (including phenoxy) is 1. The van der Waals surface area contributed by atoms with E-state index in [1.165, 1.54) is 18.3 Å². The second-order valence-electron chi connectivity index (χ2n) is 8.54. The van der Waals surface area contributed by atoms with E-state index in [1.54, 1.807) is 10.6 Å². The first-order valence-corrected chi connectivity index (χ1v) is 14.1. The minimum absolute atomic E-state index is 0.0913. The third-order valence-electron chi connectivity index (χ3n) is 5.79. The number of ketones is 1. The molecule has 4 rings (SSSR count). The molecule has 0 spiro atoms. The van der Waals surface area contributed by atoms with E-state index in [1.807, 2.05) is 68.4 Å². The second kappa shape index (κ2) is 11.0. The number of hydrogen-bond acceptors (Lipinski definition) is 6. The first kappa shape index (κ1) is 26.8. The molecule has 1 aliphatic heterocycles. The fourth-order valence-electron chi connectivity index (χ4n) is 4.14. The molecule has 0 bridgehead atoms. The summed E-state index contributed by atoms with van der Waals surface area (Å²) in [4.78, 5) is 33.7. The third-order valence-corrected chi connectivity index (χ3v) is 8.38. The first-order valence-electron chi connectivity index (χ1n) is 11.2. The Hall–Kier alpha value is -2.25. The van der Waals surface area contributed by atoms with Gasteiger partial charge in [0.1, 0.15) is 12.4 Å². The Balaban J connectivity index is 1.88. The van der Waals surface area contributed by atoms with Gasteiger partial charge in [-0.25, -0.2) is 4.99 Å². The molecule has 0 saturated heterocycles. The quantitative estimate of drug-likeness (QED) is 0.263. The highest BCUT2D eigenvalue weighted by Crippen LogP contribution is 2.32. The lowest BCUT2D eigenvalue weighted by atomic mass is 9.93. The number of fused-ring (bicyclic) bond motifs is 1. The molecule has 6 nitrogen and oxygen atoms in total. The lowest BCUT2D eigenvalue weighted by molar-refractivity contribution is -0.114. The van der Waals surface area contributed by atoms with Gasteiger partial charge in [-0.15, -0.1) is 0 Å². The lowest BCUT2D eigenvalue weighted by Gasteiger charge is -2.25. The number of rotatable bonds is 7. The number of anilines is 1. The van der Waals surface area contributed by atoms with Gasteiger partial charge >= 0.3 is 0 Å². The fourth-order valence-corrected chi connectivity index (χ4v) is 7.31. The molecule has 2 aromatic carbocycles. The predicted molar refractivity (Wildman–Crippen MR) is 163 cm³/mol. The van der Waals surface area contributed by atoms with E-state index >= 15 is 0 Å². The molecule has 9 heteroatoms. The minimum Gasteiger partial charge on any atom is -0.487 e. The van der Waals surface area contributed by atoms with Gasteiger partial charge in [-0.05, 0) is 100 Å². The summed E-state index contributed by atoms with van der Waals surface area (Å²) in [5, 5.41) is 0. The zero-order valence-electron chi connectivity index (χ0n) is 20.3. The molecule has 1 aromatic heterocycles. The Morgan fingerprint density at radius 2 is 1.86 bits per heavy atom. The summed E-state index contributed by atoms with van der Waals surface area (Å²) in [7, 11) is 3.95. The van der Waals surface area contributed by atoms with Crippen molar-refractivity contribution < 1.29 is 9.53 Å². The highest BCUT2D eigenvalue weighted by atomic mass is 127. The Kier molecular flexibility index (Phi) is 8.20. The summed E-state index contributed by atoms with van der Waals surface area (Å²) in [5.74, 6) is 0.712. The number of thiazole rings is 1. The largest absolute Gasteiger partial charge is 0.487 e. The molecule has 0 amide bonds. The monoisotopic (exact) mass is 725 g/mol. The summed E-state index contributed by atoms with van der Waals surface area (Å²) < 4.78 is 9.90. The molecule has 0 radical (unpaired) electrons. The Morgan fingerprint density at radius 1 is 1.22 bits per heavy atom. The van der Waals surface area contributed by atoms with E-state index in [4.69, 9.17) is 4.74 Å². The van der Waals surface area contributed by atoms with Crippen LogP contribution in [0.1, 0.15) is 31.0 Å². The molecule has 1 atom stereocenters. The van der Waals surface area contributed by atoms with Crippen molar-refractivity contribution in [3.8, 4) is 5.75 Å². The van der Waals surface area contributed by atoms with Crippen molar-refractivity contribution in [3.63, 3.8) is 0 Å². The van der Waals surface area contributed by atoms with Crippen LogP contribution in [0.3, 0.4) is 0 Å². The number of hydrogen-bond donors (Lipinski definition) is 0. The fraction of sp³-hybridized carbons (Fsp3) is 0.222. The number of benzene rings is 2. The Labute approximate surface area is 241 Å². The van der Waals surface area contributed by atoms with Crippen LogP contribution in [0.25, 0.3) is 6.08 Å². The Bertz CT molecular complexity index is 1540. The molecule has 2 heterocycles. The van der Waals surface area contributed by atoms with Gasteiger partial charge in [0.05, 0.1) is 17.7 Å². The van der Waals surface area contributed by atoms with Crippen LogP contribution >= 0.6 is 56.5 Å². The van der Waals surface area contributed by atoms with E-state index in [0.717, 1.165) is 29.7 Å². The van der Waals surface area contributed by atoms with E-state index in [2.05, 4.69) is 56.8 Å². The average Bonchev–Trinajstić information content (AvgIpc) is 3.11. The van der Waals surface area contributed by atoms with Crippen molar-refractivity contribution in [2.24, 2.45) is 4.99 Å². The predicted octanol–water partition coefficient (Wildman–Crippen LogP) is 4.66. The zero-order valence-corrected chi connectivity index (χ0v) is 25.5. The first-order chi connectivity index (χ1) is 17.1. The Morgan fingerprint density at radius 3 is 2.42 bits per heavy atom. The van der Waals surface area contributed by atoms with Crippen molar-refractivity contribution >= 4 is 74.1 Å². The van der Waals surface area contributed by atoms with E-state index < -0.39 is 6.04 Å². The molecule has 36 heavy (non-hydrogen) atoms. The van der Waals surface area contributed by atoms with Crippen molar-refractivity contribution in [2.45, 2.75) is 19.9 Å². The number of carbonyl (C=O) groups is 1. The van der Waals surface area contributed by atoms with Gasteiger partial charge in [0.15, 0.2) is 10.6 Å². The van der Waals surface area contributed by atoms with Gasteiger partial charge < -0.3 is 9.64 Å². The maximum atomic E-state index is 13.7. The van der Waals surface area contributed by atoms with Crippen LogP contribution in [0.5, 0.6) is 5.75 Å². The molecule has 0 fully saturated rings. The standard InChI is InChI=1S/C27H25I2N3O3S/c1-6-11-35-25-20(28)12-17(13-21(25)29)14-22-26(34)32-24(18-7-9-19(10-8-18)31(4)5)23(16(3)33)15(2)30-27(32)36-22/h6-10,12-14,24H,1,11H2,2-5H3/b22-14+. The highest BCUT2D eigenvalue weighted by molar-refractivity contribution is 14.1. The molecule has 0 saturated carbocycles. The van der Waals surface area contributed by atoms with Crippen LogP contribution in [0.2, 0.25) is 0 Å². The summed E-state index contributed by atoms with van der Waals surface area (Å²) >= 11 is 5.82. The van der Waals surface area contributed by atoms with E-state index in [0.29, 0.717) is 27.2 Å². The third kappa shape index (κ3) is 5.23. The molecule has 0 N–H and O–H groups in total. The smallest absolute Gasteiger partial charge is 0.271 e. The maximum Gasteiger partial charge on any atom is 0.271 e. The van der Waals surface area contributed by atoms with Crippen molar-refractivity contribution in [1.29, 1.82) is 0 Å². The van der Waals surface area contributed by atoms with E-state index in [-0.39, 0.29) is 11.3 Å². The number of Topliss-reactive ketones (excluding diaryl/α,β-unsaturated/α-hetero) is 1. The average molecular weight is 725 g/mol. The summed E-state index contributed by atoms with van der Waals surface area (Å²) in [6.07, 6.45) is 3.59. The SMILES string of the molecule is C=CCOc1c(I)cc(/C=c2/sc3n(c2=O)C(c2ccc(N(C)C)cc2)C(C(C)=O)=C(C)N=3)cc1I. The molecule has 0 aliphatic carbocycles. The van der Waals surface area contributed by atoms with Gasteiger partial charge in [0, 0.05) is 31.1 Å². The van der Waals surface area contributed by atoms with Gasteiger partial charge in [-0.2, -0.15) is 0 Å². The van der Waals surface area contributed by atoms with Crippen molar-refractivity contribution in [3.05, 3.63) is 98.3 Å². The van der Waals surface area contributed by atoms with Crippen LogP contribution in [0, 0.1) is 7.14 Å². The lowest BCUT2D eigenvalue weighted by Crippen LogP contribution is -2.39. The molecule has 3 aromatic rings. The highest BCUT2D eigenvalue weighted by Gasteiger charge is 2.30. The van der Waals surface area contributed by atoms with Crippen molar-refractivity contribution in [2.75, 3.05) is 25.6 Å². The van der Waals surface area contributed by atoms with Crippen LogP contribution < -0.4 is 24.5 Å². The number of carbonyl (C=O) groups excluding carboxylic acids is 1. The van der Waals surface area contributed by atoms with Crippen LogP contribution in [-0.2, 0) is 4.79 Å². The molecular weight excluding hydrogens is 700 g/mol. The summed E-state index contributed by atoms with van der Waals surface area (Å²) in [6, 6.07) is 11.4. The number of halogens is 2. The number of nitrogens with zero attached hydrogens (tertiary/aromatic N) is 3. The number of aromatic nitrogens is 1. The van der Waals surface area contributed by atoms with Gasteiger partial charge in [-0.3, -0.25) is 14.2 Å². The normalized spacial score (nSPS) is 15.4. The van der Waals surface area contributed by atoms with Crippen LogP contribution in [0.15, 0.2) is 70.1 Å². The van der Waals surface area contributed by atoms with Crippen molar-refractivity contribution in [1.82, 2.24) is 4.57 Å². The van der Waals surface area contributed by atoms with Crippen LogP contribution in [0.4, 0.5) is 5.69 Å². The summed E-state index contributed by atoms with van der Waals surface area (Å²) in [5.41, 5.74) is 3.84. The maximum absolute atomic E-state index is 13.7.